The fourth-order valence-corrected chi connectivity index (χ4v) is 3.53. The van der Waals surface area contributed by atoms with Crippen molar-refractivity contribution in [1.82, 2.24) is 4.72 Å². The van der Waals surface area contributed by atoms with Gasteiger partial charge >= 0.3 is 5.97 Å². The Labute approximate surface area is 122 Å². The Bertz CT molecular complexity index is 586. The summed E-state index contributed by atoms with van der Waals surface area (Å²) in [5.74, 6) is -0.495. The van der Waals surface area contributed by atoms with Gasteiger partial charge in [0.05, 0.1) is 12.0 Å². The minimum absolute atomic E-state index is 0.0938. The molecule has 1 unspecified atom stereocenters. The van der Waals surface area contributed by atoms with Gasteiger partial charge in [-0.1, -0.05) is 0 Å². The summed E-state index contributed by atoms with van der Waals surface area (Å²) in [7, 11) is -2.59. The number of ether oxygens (including phenoxy) is 1. The van der Waals surface area contributed by atoms with Gasteiger partial charge in [0, 0.05) is 11.8 Å². The molecule has 1 rings (SSSR count). The number of aromatic hydroxyl groups is 1. The van der Waals surface area contributed by atoms with E-state index in [1.165, 1.54) is 17.8 Å². The molecule has 1 aromatic rings. The average molecular weight is 319 g/mol. The highest BCUT2D eigenvalue weighted by atomic mass is 32.2. The number of carbonyl (C=O) groups excluding carboxylic acids is 1. The number of methoxy groups -OCH3 is 1. The van der Waals surface area contributed by atoms with Gasteiger partial charge in [-0.05, 0) is 31.4 Å². The van der Waals surface area contributed by atoms with Gasteiger partial charge in [0.25, 0.3) is 0 Å². The molecule has 0 saturated carbocycles. The van der Waals surface area contributed by atoms with Crippen molar-refractivity contribution in [3.63, 3.8) is 0 Å². The van der Waals surface area contributed by atoms with E-state index < -0.39 is 16.0 Å². The zero-order valence-corrected chi connectivity index (χ0v) is 13.0. The highest BCUT2D eigenvalue weighted by Gasteiger charge is 2.21. The van der Waals surface area contributed by atoms with Crippen LogP contribution in [0, 0.1) is 0 Å². The van der Waals surface area contributed by atoms with Crippen LogP contribution >= 0.6 is 11.8 Å². The van der Waals surface area contributed by atoms with Crippen LogP contribution in [0.15, 0.2) is 23.1 Å². The third-order valence-corrected chi connectivity index (χ3v) is 4.88. The van der Waals surface area contributed by atoms with Crippen molar-refractivity contribution in [2.75, 3.05) is 19.1 Å². The fraction of sp³-hybridized carbons (Fsp3) is 0.417. The summed E-state index contributed by atoms with van der Waals surface area (Å²) in [6.07, 6.45) is 1.88. The van der Waals surface area contributed by atoms with Crippen LogP contribution in [-0.4, -0.2) is 44.7 Å². The predicted molar refractivity (Wildman–Crippen MR) is 77.6 cm³/mol. The Morgan fingerprint density at radius 1 is 1.50 bits per heavy atom. The number of carbonyl (C=O) groups is 1. The zero-order chi connectivity index (χ0) is 15.3. The molecule has 0 spiro atoms. The van der Waals surface area contributed by atoms with Crippen LogP contribution < -0.4 is 4.72 Å². The van der Waals surface area contributed by atoms with Gasteiger partial charge in [0.15, 0.2) is 0 Å². The third kappa shape index (κ3) is 4.12. The summed E-state index contributed by atoms with van der Waals surface area (Å²) in [6, 6.07) is 3.23. The number of esters is 1. The summed E-state index contributed by atoms with van der Waals surface area (Å²) < 4.78 is 31.3. The summed E-state index contributed by atoms with van der Waals surface area (Å²) in [5.41, 5.74) is -0.187. The third-order valence-electron chi connectivity index (χ3n) is 2.46. The van der Waals surface area contributed by atoms with E-state index in [-0.39, 0.29) is 22.3 Å². The summed E-state index contributed by atoms with van der Waals surface area (Å²) in [6.45, 7) is 1.75. The van der Waals surface area contributed by atoms with Crippen LogP contribution in [-0.2, 0) is 14.8 Å². The van der Waals surface area contributed by atoms with E-state index in [0.29, 0.717) is 5.75 Å². The van der Waals surface area contributed by atoms with Gasteiger partial charge in [-0.2, -0.15) is 11.8 Å². The number of hydrogen-bond acceptors (Lipinski definition) is 6. The van der Waals surface area contributed by atoms with Crippen LogP contribution in [0.2, 0.25) is 0 Å². The molecule has 20 heavy (non-hydrogen) atoms. The van der Waals surface area contributed by atoms with Crippen molar-refractivity contribution >= 4 is 27.8 Å². The van der Waals surface area contributed by atoms with Gasteiger partial charge in [-0.3, -0.25) is 0 Å². The molecule has 6 nitrogen and oxygen atoms in total. The second kappa shape index (κ2) is 6.96. The number of phenolic OH excluding ortho intramolecular Hbond substituents is 1. The van der Waals surface area contributed by atoms with Crippen molar-refractivity contribution in [1.29, 1.82) is 0 Å². The Hall–Kier alpha value is -1.25. The van der Waals surface area contributed by atoms with E-state index >= 15 is 0 Å². The lowest BCUT2D eigenvalue weighted by atomic mass is 10.2. The smallest absolute Gasteiger partial charge is 0.341 e. The maximum atomic E-state index is 12.1. The number of thioether (sulfide) groups is 1. The van der Waals surface area contributed by atoms with Crippen molar-refractivity contribution in [2.24, 2.45) is 0 Å². The number of rotatable bonds is 6. The molecular formula is C12H17NO5S2. The van der Waals surface area contributed by atoms with Crippen molar-refractivity contribution in [3.8, 4) is 5.75 Å². The Morgan fingerprint density at radius 2 is 2.15 bits per heavy atom. The second-order valence-corrected chi connectivity index (χ2v) is 6.77. The summed E-state index contributed by atoms with van der Waals surface area (Å²) in [4.78, 5) is 11.3. The number of phenols is 1. The minimum Gasteiger partial charge on any atom is -0.507 e. The van der Waals surface area contributed by atoms with Gasteiger partial charge in [0.2, 0.25) is 10.0 Å². The zero-order valence-electron chi connectivity index (χ0n) is 11.4. The predicted octanol–water partition coefficient (Wildman–Crippen LogP) is 1.21. The van der Waals surface area contributed by atoms with Gasteiger partial charge < -0.3 is 9.84 Å². The molecule has 0 aliphatic rings. The fourth-order valence-electron chi connectivity index (χ4n) is 1.57. The lowest BCUT2D eigenvalue weighted by Crippen LogP contribution is -2.34. The van der Waals surface area contributed by atoms with Crippen LogP contribution in [0.5, 0.6) is 5.75 Å². The number of benzene rings is 1. The molecule has 2 N–H and O–H groups in total. The van der Waals surface area contributed by atoms with Crippen molar-refractivity contribution < 1.29 is 23.1 Å². The normalized spacial score (nSPS) is 12.9. The second-order valence-electron chi connectivity index (χ2n) is 4.15. The molecule has 0 heterocycles. The van der Waals surface area contributed by atoms with E-state index in [2.05, 4.69) is 9.46 Å². The molecule has 0 bridgehead atoms. The molecule has 0 aliphatic carbocycles. The first-order valence-electron chi connectivity index (χ1n) is 5.74. The Balaban J connectivity index is 3.10. The molecule has 0 aromatic heterocycles. The Morgan fingerprint density at radius 3 is 2.70 bits per heavy atom. The van der Waals surface area contributed by atoms with Crippen molar-refractivity contribution in [2.45, 2.75) is 17.9 Å². The van der Waals surface area contributed by atoms with E-state index in [4.69, 9.17) is 0 Å². The first kappa shape index (κ1) is 16.8. The van der Waals surface area contributed by atoms with Crippen LogP contribution in [0.3, 0.4) is 0 Å². The maximum Gasteiger partial charge on any atom is 0.341 e. The highest BCUT2D eigenvalue weighted by Crippen LogP contribution is 2.22. The first-order valence-corrected chi connectivity index (χ1v) is 8.62. The first-order chi connectivity index (χ1) is 9.31. The molecular weight excluding hydrogens is 302 g/mol. The molecule has 8 heteroatoms. The van der Waals surface area contributed by atoms with Gasteiger partial charge in [-0.25, -0.2) is 17.9 Å². The maximum absolute atomic E-state index is 12.1. The topological polar surface area (TPSA) is 92.7 Å². The molecule has 0 fully saturated rings. The van der Waals surface area contributed by atoms with Gasteiger partial charge in [-0.15, -0.1) is 0 Å². The molecule has 112 valence electrons. The lowest BCUT2D eigenvalue weighted by molar-refractivity contribution is 0.0597. The average Bonchev–Trinajstić information content (AvgIpc) is 2.37. The largest absolute Gasteiger partial charge is 0.507 e. The number of sulfonamides is 1. The van der Waals surface area contributed by atoms with Crippen LogP contribution in [0.4, 0.5) is 0 Å². The highest BCUT2D eigenvalue weighted by molar-refractivity contribution is 7.98. The van der Waals surface area contributed by atoms with Gasteiger partial charge in [0.1, 0.15) is 11.3 Å². The Kier molecular flexibility index (Phi) is 5.85. The summed E-state index contributed by atoms with van der Waals surface area (Å²) in [5, 5.41) is 9.55. The molecule has 0 amide bonds. The van der Waals surface area contributed by atoms with E-state index in [9.17, 15) is 18.3 Å². The van der Waals surface area contributed by atoms with Crippen molar-refractivity contribution in [3.05, 3.63) is 23.8 Å². The number of hydrogen-bond donors (Lipinski definition) is 2. The van der Waals surface area contributed by atoms with E-state index in [0.717, 1.165) is 19.2 Å². The molecule has 0 aliphatic heterocycles. The standard InChI is InChI=1S/C12H17NO5S2/c1-8(7-19-3)13-20(16,17)9-4-5-11(14)10(6-9)12(15)18-2/h4-6,8,13-14H,7H2,1-3H3. The number of nitrogens with one attached hydrogen (secondary N) is 1. The molecule has 1 aromatic carbocycles. The van der Waals surface area contributed by atoms with Crippen LogP contribution in [0.25, 0.3) is 0 Å². The molecule has 1 atom stereocenters. The van der Waals surface area contributed by atoms with Crippen LogP contribution in [0.1, 0.15) is 17.3 Å². The SMILES string of the molecule is COC(=O)c1cc(S(=O)(=O)NC(C)CSC)ccc1O. The quantitative estimate of drug-likeness (QED) is 0.766. The monoisotopic (exact) mass is 319 g/mol. The van der Waals surface area contributed by atoms with E-state index in [1.54, 1.807) is 6.92 Å². The molecule has 0 saturated heterocycles. The molecule has 0 radical (unpaired) electrons. The minimum atomic E-state index is -3.74. The van der Waals surface area contributed by atoms with E-state index in [1.807, 2.05) is 6.26 Å². The lowest BCUT2D eigenvalue weighted by Gasteiger charge is -2.13. The summed E-state index contributed by atoms with van der Waals surface area (Å²) >= 11 is 1.52.